The first-order chi connectivity index (χ1) is 8.16. The highest BCUT2D eigenvalue weighted by Crippen LogP contribution is 2.22. The van der Waals surface area contributed by atoms with Crippen LogP contribution in [-0.2, 0) is 6.54 Å². The maximum atomic E-state index is 13.7. The Morgan fingerprint density at radius 1 is 1.35 bits per heavy atom. The minimum atomic E-state index is -0.178. The summed E-state index contributed by atoms with van der Waals surface area (Å²) in [5.41, 5.74) is 7.06. The molecule has 1 unspecified atom stereocenters. The molecular formula is C14H21FN2. The Balaban J connectivity index is 2.05. The standard InChI is InChI=1S/C14H21FN2/c1-11-4-3-8-17(9-7-11)10-12-13(15)5-2-6-14(12)16/h2,5-6,11H,3-4,7-10,16H2,1H3. The molecule has 0 radical (unpaired) electrons. The minimum absolute atomic E-state index is 0.178. The van der Waals surface area contributed by atoms with Gasteiger partial charge in [-0.1, -0.05) is 13.0 Å². The molecule has 1 aliphatic heterocycles. The molecule has 1 atom stereocenters. The molecule has 1 saturated heterocycles. The molecule has 2 N–H and O–H groups in total. The molecule has 1 heterocycles. The van der Waals surface area contributed by atoms with Crippen LogP contribution in [0, 0.1) is 11.7 Å². The molecule has 94 valence electrons. The summed E-state index contributed by atoms with van der Waals surface area (Å²) < 4.78 is 13.7. The van der Waals surface area contributed by atoms with Gasteiger partial charge < -0.3 is 5.73 Å². The van der Waals surface area contributed by atoms with E-state index in [1.165, 1.54) is 25.3 Å². The second-order valence-electron chi connectivity index (χ2n) is 5.12. The Hall–Kier alpha value is -1.09. The molecule has 0 aromatic heterocycles. The van der Waals surface area contributed by atoms with Crippen LogP contribution in [0.15, 0.2) is 18.2 Å². The number of halogens is 1. The van der Waals surface area contributed by atoms with E-state index in [2.05, 4.69) is 11.8 Å². The largest absolute Gasteiger partial charge is 0.398 e. The Bertz CT molecular complexity index is 358. The summed E-state index contributed by atoms with van der Waals surface area (Å²) in [5, 5.41) is 0. The number of benzene rings is 1. The molecule has 2 nitrogen and oxygen atoms in total. The molecule has 0 spiro atoms. The first-order valence-corrected chi connectivity index (χ1v) is 6.42. The van der Waals surface area contributed by atoms with Gasteiger partial charge in [-0.3, -0.25) is 4.90 Å². The van der Waals surface area contributed by atoms with E-state index in [0.29, 0.717) is 17.8 Å². The second-order valence-corrected chi connectivity index (χ2v) is 5.12. The number of likely N-dealkylation sites (tertiary alicyclic amines) is 1. The summed E-state index contributed by atoms with van der Waals surface area (Å²) in [7, 11) is 0. The monoisotopic (exact) mass is 236 g/mol. The fourth-order valence-corrected chi connectivity index (χ4v) is 2.45. The first kappa shape index (κ1) is 12.4. The lowest BCUT2D eigenvalue weighted by atomic mass is 10.0. The van der Waals surface area contributed by atoms with E-state index in [-0.39, 0.29) is 5.82 Å². The van der Waals surface area contributed by atoms with Crippen LogP contribution < -0.4 is 5.73 Å². The van der Waals surface area contributed by atoms with Gasteiger partial charge in [-0.2, -0.15) is 0 Å². The highest BCUT2D eigenvalue weighted by Gasteiger charge is 2.16. The molecule has 17 heavy (non-hydrogen) atoms. The molecule has 0 amide bonds. The van der Waals surface area contributed by atoms with Gasteiger partial charge in [0, 0.05) is 17.8 Å². The van der Waals surface area contributed by atoms with Crippen LogP contribution in [0.3, 0.4) is 0 Å². The van der Waals surface area contributed by atoms with Crippen molar-refractivity contribution in [2.75, 3.05) is 18.8 Å². The summed E-state index contributed by atoms with van der Waals surface area (Å²) >= 11 is 0. The highest BCUT2D eigenvalue weighted by molar-refractivity contribution is 5.47. The van der Waals surface area contributed by atoms with Gasteiger partial charge in [0.2, 0.25) is 0 Å². The van der Waals surface area contributed by atoms with E-state index in [1.54, 1.807) is 12.1 Å². The smallest absolute Gasteiger partial charge is 0.129 e. The Labute approximate surface area is 103 Å². The normalized spacial score (nSPS) is 22.4. The molecule has 3 heteroatoms. The average Bonchev–Trinajstić information content (AvgIpc) is 2.49. The topological polar surface area (TPSA) is 29.3 Å². The number of rotatable bonds is 2. The number of hydrogen-bond acceptors (Lipinski definition) is 2. The van der Waals surface area contributed by atoms with E-state index in [9.17, 15) is 4.39 Å². The third-order valence-electron chi connectivity index (χ3n) is 3.65. The van der Waals surface area contributed by atoms with Crippen molar-refractivity contribution in [3.63, 3.8) is 0 Å². The van der Waals surface area contributed by atoms with Crippen LogP contribution in [0.25, 0.3) is 0 Å². The van der Waals surface area contributed by atoms with Crippen LogP contribution in [-0.4, -0.2) is 18.0 Å². The molecule has 1 fully saturated rings. The van der Waals surface area contributed by atoms with Gasteiger partial charge in [0.15, 0.2) is 0 Å². The molecule has 1 aliphatic rings. The zero-order valence-electron chi connectivity index (χ0n) is 10.5. The van der Waals surface area contributed by atoms with Crippen molar-refractivity contribution < 1.29 is 4.39 Å². The summed E-state index contributed by atoms with van der Waals surface area (Å²) in [6.07, 6.45) is 3.69. The van der Waals surface area contributed by atoms with E-state index >= 15 is 0 Å². The van der Waals surface area contributed by atoms with E-state index in [1.807, 2.05) is 0 Å². The van der Waals surface area contributed by atoms with Crippen molar-refractivity contribution in [3.05, 3.63) is 29.6 Å². The van der Waals surface area contributed by atoms with Crippen LogP contribution in [0.2, 0.25) is 0 Å². The van der Waals surface area contributed by atoms with Gasteiger partial charge in [0.1, 0.15) is 5.82 Å². The zero-order valence-corrected chi connectivity index (χ0v) is 10.5. The maximum Gasteiger partial charge on any atom is 0.129 e. The Morgan fingerprint density at radius 2 is 2.18 bits per heavy atom. The second kappa shape index (κ2) is 5.50. The van der Waals surface area contributed by atoms with Crippen molar-refractivity contribution in [1.82, 2.24) is 4.90 Å². The SMILES string of the molecule is CC1CCCN(Cc2c(N)cccc2F)CC1. The Morgan fingerprint density at radius 3 is 2.94 bits per heavy atom. The summed E-state index contributed by atoms with van der Waals surface area (Å²) in [4.78, 5) is 2.32. The number of nitrogens with two attached hydrogens (primary N) is 1. The average molecular weight is 236 g/mol. The van der Waals surface area contributed by atoms with E-state index < -0.39 is 0 Å². The number of nitrogen functional groups attached to an aromatic ring is 1. The predicted octanol–water partition coefficient (Wildman–Crippen LogP) is 3.03. The molecular weight excluding hydrogens is 215 g/mol. The summed E-state index contributed by atoms with van der Waals surface area (Å²) in [5.74, 6) is 0.611. The van der Waals surface area contributed by atoms with Crippen molar-refractivity contribution in [2.45, 2.75) is 32.7 Å². The fraction of sp³-hybridized carbons (Fsp3) is 0.571. The van der Waals surface area contributed by atoms with Crippen molar-refractivity contribution in [1.29, 1.82) is 0 Å². The lowest BCUT2D eigenvalue weighted by molar-refractivity contribution is 0.270. The van der Waals surface area contributed by atoms with Crippen LogP contribution in [0.5, 0.6) is 0 Å². The van der Waals surface area contributed by atoms with Crippen molar-refractivity contribution in [3.8, 4) is 0 Å². The minimum Gasteiger partial charge on any atom is -0.398 e. The molecule has 0 saturated carbocycles. The van der Waals surface area contributed by atoms with E-state index in [4.69, 9.17) is 5.73 Å². The Kier molecular flexibility index (Phi) is 4.00. The quantitative estimate of drug-likeness (QED) is 0.800. The molecule has 2 rings (SSSR count). The first-order valence-electron chi connectivity index (χ1n) is 6.42. The molecule has 1 aromatic rings. The molecule has 1 aromatic carbocycles. The van der Waals surface area contributed by atoms with Gasteiger partial charge in [0.05, 0.1) is 0 Å². The number of hydrogen-bond donors (Lipinski definition) is 1. The zero-order chi connectivity index (χ0) is 12.3. The van der Waals surface area contributed by atoms with Gasteiger partial charge in [-0.15, -0.1) is 0 Å². The van der Waals surface area contributed by atoms with Crippen molar-refractivity contribution in [2.24, 2.45) is 5.92 Å². The maximum absolute atomic E-state index is 13.7. The van der Waals surface area contributed by atoms with Crippen molar-refractivity contribution >= 4 is 5.69 Å². The molecule has 0 aliphatic carbocycles. The lowest BCUT2D eigenvalue weighted by Gasteiger charge is -2.21. The third kappa shape index (κ3) is 3.19. The van der Waals surface area contributed by atoms with Crippen LogP contribution >= 0.6 is 0 Å². The van der Waals surface area contributed by atoms with Crippen LogP contribution in [0.4, 0.5) is 10.1 Å². The number of anilines is 1. The highest BCUT2D eigenvalue weighted by atomic mass is 19.1. The fourth-order valence-electron chi connectivity index (χ4n) is 2.45. The molecule has 0 bridgehead atoms. The lowest BCUT2D eigenvalue weighted by Crippen LogP contribution is -2.25. The predicted molar refractivity (Wildman–Crippen MR) is 69.1 cm³/mol. The van der Waals surface area contributed by atoms with Gasteiger partial charge in [-0.05, 0) is 50.4 Å². The van der Waals surface area contributed by atoms with Gasteiger partial charge in [-0.25, -0.2) is 4.39 Å². The summed E-state index contributed by atoms with van der Waals surface area (Å²) in [6.45, 7) is 5.04. The van der Waals surface area contributed by atoms with Gasteiger partial charge in [0.25, 0.3) is 0 Å². The summed E-state index contributed by atoms with van der Waals surface area (Å²) in [6, 6.07) is 4.93. The number of nitrogens with zero attached hydrogens (tertiary/aromatic N) is 1. The van der Waals surface area contributed by atoms with Crippen LogP contribution in [0.1, 0.15) is 31.7 Å². The van der Waals surface area contributed by atoms with Gasteiger partial charge >= 0.3 is 0 Å². The third-order valence-corrected chi connectivity index (χ3v) is 3.65. The van der Waals surface area contributed by atoms with E-state index in [0.717, 1.165) is 19.0 Å².